The van der Waals surface area contributed by atoms with Crippen LogP contribution in [0, 0.1) is 5.82 Å². The van der Waals surface area contributed by atoms with Gasteiger partial charge in [0.05, 0.1) is 0 Å². The Morgan fingerprint density at radius 1 is 1.12 bits per heavy atom. The lowest BCUT2D eigenvalue weighted by molar-refractivity contribution is 0.128. The Morgan fingerprint density at radius 2 is 1.71 bits per heavy atom. The van der Waals surface area contributed by atoms with E-state index in [2.05, 4.69) is 29.8 Å². The minimum Gasteiger partial charge on any atom is -0.381 e. The van der Waals surface area contributed by atoms with Gasteiger partial charge in [0, 0.05) is 17.7 Å². The predicted molar refractivity (Wildman–Crippen MR) is 74.7 cm³/mol. The first-order valence-electron chi connectivity index (χ1n) is 6.19. The topological polar surface area (TPSA) is 9.23 Å². The van der Waals surface area contributed by atoms with Crippen molar-refractivity contribution in [2.45, 2.75) is 39.5 Å². The van der Waals surface area contributed by atoms with E-state index in [1.165, 1.54) is 37.8 Å². The van der Waals surface area contributed by atoms with Gasteiger partial charge in [-0.1, -0.05) is 48.7 Å². The van der Waals surface area contributed by atoms with Crippen molar-refractivity contribution < 1.29 is 9.13 Å². The smallest absolute Gasteiger partial charge is 0.124 e. The third-order valence-electron chi connectivity index (χ3n) is 2.07. The highest BCUT2D eigenvalue weighted by atomic mass is 79.9. The maximum atomic E-state index is 12.1. The van der Waals surface area contributed by atoms with Gasteiger partial charge in [-0.25, -0.2) is 4.39 Å². The van der Waals surface area contributed by atoms with E-state index < -0.39 is 0 Å². The molecule has 0 saturated heterocycles. The Balaban J connectivity index is 0.000000302. The lowest BCUT2D eigenvalue weighted by Crippen LogP contribution is -1.95. The molecule has 0 aliphatic heterocycles. The fourth-order valence-corrected chi connectivity index (χ4v) is 1.43. The van der Waals surface area contributed by atoms with Crippen molar-refractivity contribution in [3.05, 3.63) is 34.6 Å². The van der Waals surface area contributed by atoms with Crippen LogP contribution < -0.4 is 0 Å². The van der Waals surface area contributed by atoms with Gasteiger partial charge in [0.15, 0.2) is 0 Å². The molecule has 0 bridgehead atoms. The van der Waals surface area contributed by atoms with E-state index in [9.17, 15) is 4.39 Å². The maximum absolute atomic E-state index is 12.1. The lowest BCUT2D eigenvalue weighted by atomic mass is 10.3. The fourth-order valence-electron chi connectivity index (χ4n) is 1.05. The van der Waals surface area contributed by atoms with E-state index in [0.717, 1.165) is 17.7 Å². The van der Waals surface area contributed by atoms with Gasteiger partial charge in [-0.2, -0.15) is 0 Å². The number of unbranched alkanes of at least 4 members (excludes halogenated alkanes) is 2. The highest BCUT2D eigenvalue weighted by Gasteiger charge is 1.86. The summed E-state index contributed by atoms with van der Waals surface area (Å²) < 4.78 is 18.2. The number of halogens is 2. The number of benzene rings is 1. The van der Waals surface area contributed by atoms with E-state index >= 15 is 0 Å². The number of rotatable bonds is 6. The predicted octanol–water partition coefficient (Wildman–Crippen LogP) is 5.19. The largest absolute Gasteiger partial charge is 0.381 e. The zero-order valence-electron chi connectivity index (χ0n) is 10.7. The molecule has 0 N–H and O–H groups in total. The van der Waals surface area contributed by atoms with E-state index in [1.54, 1.807) is 12.1 Å². The number of hydrogen-bond acceptors (Lipinski definition) is 1. The Labute approximate surface area is 113 Å². The van der Waals surface area contributed by atoms with Crippen molar-refractivity contribution in [2.75, 3.05) is 13.2 Å². The lowest BCUT2D eigenvalue weighted by Gasteiger charge is -1.99. The molecule has 0 aromatic heterocycles. The van der Waals surface area contributed by atoms with Crippen molar-refractivity contribution >= 4 is 15.9 Å². The van der Waals surface area contributed by atoms with Crippen molar-refractivity contribution in [1.29, 1.82) is 0 Å². The Hall–Kier alpha value is -0.410. The van der Waals surface area contributed by atoms with Gasteiger partial charge < -0.3 is 4.74 Å². The molecule has 1 aromatic rings. The summed E-state index contributed by atoms with van der Waals surface area (Å²) >= 11 is 3.12. The molecule has 0 spiro atoms. The molecule has 1 aromatic carbocycles. The summed E-state index contributed by atoms with van der Waals surface area (Å²) in [4.78, 5) is 0. The zero-order valence-corrected chi connectivity index (χ0v) is 12.3. The standard InChI is InChI=1S/C8H18O.C6H4BrF/c1-3-5-7-9-8-6-4-2;7-5-2-1-3-6(8)4-5/h3-8H2,1-2H3;1-4H. The minimum absolute atomic E-state index is 0.209. The fraction of sp³-hybridized carbons (Fsp3) is 0.571. The van der Waals surface area contributed by atoms with Crippen molar-refractivity contribution in [1.82, 2.24) is 0 Å². The van der Waals surface area contributed by atoms with Gasteiger partial charge in [-0.3, -0.25) is 0 Å². The monoisotopic (exact) mass is 304 g/mol. The first-order chi connectivity index (χ1) is 8.20. The average molecular weight is 305 g/mol. The second-order valence-electron chi connectivity index (χ2n) is 3.76. The van der Waals surface area contributed by atoms with E-state index in [1.807, 2.05) is 0 Å². The van der Waals surface area contributed by atoms with E-state index in [0.29, 0.717) is 0 Å². The summed E-state index contributed by atoms with van der Waals surface area (Å²) in [5.41, 5.74) is 0. The number of hydrogen-bond donors (Lipinski definition) is 0. The van der Waals surface area contributed by atoms with Crippen molar-refractivity contribution in [2.24, 2.45) is 0 Å². The van der Waals surface area contributed by atoms with Crippen LogP contribution in [0.5, 0.6) is 0 Å². The minimum atomic E-state index is -0.209. The summed E-state index contributed by atoms with van der Waals surface area (Å²) in [7, 11) is 0. The highest BCUT2D eigenvalue weighted by molar-refractivity contribution is 9.10. The van der Waals surface area contributed by atoms with Gasteiger partial charge in [0.1, 0.15) is 5.82 Å². The molecule has 0 heterocycles. The molecule has 0 atom stereocenters. The molecule has 17 heavy (non-hydrogen) atoms. The van der Waals surface area contributed by atoms with Gasteiger partial charge in [-0.05, 0) is 31.0 Å². The van der Waals surface area contributed by atoms with Crippen LogP contribution in [-0.2, 0) is 4.74 Å². The normalized spacial score (nSPS) is 9.65. The van der Waals surface area contributed by atoms with Gasteiger partial charge in [-0.15, -0.1) is 0 Å². The Morgan fingerprint density at radius 3 is 2.06 bits per heavy atom. The van der Waals surface area contributed by atoms with Gasteiger partial charge in [0.2, 0.25) is 0 Å². The van der Waals surface area contributed by atoms with Crippen LogP contribution in [0.4, 0.5) is 4.39 Å². The maximum Gasteiger partial charge on any atom is 0.124 e. The third kappa shape index (κ3) is 11.8. The van der Waals surface area contributed by atoms with Crippen LogP contribution in [0.3, 0.4) is 0 Å². The molecular formula is C14H22BrFO. The third-order valence-corrected chi connectivity index (χ3v) is 2.56. The quantitative estimate of drug-likeness (QED) is 0.657. The van der Waals surface area contributed by atoms with Gasteiger partial charge in [0.25, 0.3) is 0 Å². The molecule has 0 aliphatic rings. The average Bonchev–Trinajstić information content (AvgIpc) is 2.29. The summed E-state index contributed by atoms with van der Waals surface area (Å²) in [5.74, 6) is -0.209. The molecule has 0 radical (unpaired) electrons. The van der Waals surface area contributed by atoms with Crippen LogP contribution in [-0.4, -0.2) is 13.2 Å². The molecule has 0 aliphatic carbocycles. The molecule has 0 saturated carbocycles. The molecule has 3 heteroatoms. The second kappa shape index (κ2) is 12.1. The molecular weight excluding hydrogens is 283 g/mol. The summed E-state index contributed by atoms with van der Waals surface area (Å²) in [5, 5.41) is 0. The van der Waals surface area contributed by atoms with Crippen LogP contribution in [0.2, 0.25) is 0 Å². The molecule has 1 nitrogen and oxygen atoms in total. The molecule has 0 fully saturated rings. The van der Waals surface area contributed by atoms with E-state index in [4.69, 9.17) is 4.74 Å². The first kappa shape index (κ1) is 16.6. The Kier molecular flexibility index (Phi) is 11.8. The van der Waals surface area contributed by atoms with Crippen LogP contribution in [0.1, 0.15) is 39.5 Å². The highest BCUT2D eigenvalue weighted by Crippen LogP contribution is 2.09. The van der Waals surface area contributed by atoms with Crippen LogP contribution in [0.15, 0.2) is 28.7 Å². The molecule has 0 unspecified atom stereocenters. The van der Waals surface area contributed by atoms with Gasteiger partial charge >= 0.3 is 0 Å². The first-order valence-corrected chi connectivity index (χ1v) is 6.98. The molecule has 1 rings (SSSR count). The SMILES string of the molecule is CCCCOCCCC.Fc1cccc(Br)c1. The summed E-state index contributed by atoms with van der Waals surface area (Å²) in [6.07, 6.45) is 4.91. The molecule has 98 valence electrons. The zero-order chi connectivity index (χ0) is 12.9. The Bertz CT molecular complexity index is 255. The van der Waals surface area contributed by atoms with E-state index in [-0.39, 0.29) is 5.82 Å². The van der Waals surface area contributed by atoms with Crippen molar-refractivity contribution in [3.8, 4) is 0 Å². The van der Waals surface area contributed by atoms with Crippen LogP contribution in [0.25, 0.3) is 0 Å². The second-order valence-corrected chi connectivity index (χ2v) is 4.68. The molecule has 0 amide bonds. The summed E-state index contributed by atoms with van der Waals surface area (Å²) in [6.45, 7) is 6.28. The van der Waals surface area contributed by atoms with Crippen LogP contribution >= 0.6 is 15.9 Å². The number of ether oxygens (including phenoxy) is 1. The summed E-state index contributed by atoms with van der Waals surface area (Å²) in [6, 6.07) is 6.26. The van der Waals surface area contributed by atoms with Crippen molar-refractivity contribution in [3.63, 3.8) is 0 Å².